The summed E-state index contributed by atoms with van der Waals surface area (Å²) in [6.45, 7) is 0.932. The molecule has 2 heterocycles. The van der Waals surface area contributed by atoms with Crippen molar-refractivity contribution in [1.82, 2.24) is 15.3 Å². The summed E-state index contributed by atoms with van der Waals surface area (Å²) in [6.07, 6.45) is -0.452. The lowest BCUT2D eigenvalue weighted by Gasteiger charge is -2.27. The van der Waals surface area contributed by atoms with E-state index in [4.69, 9.17) is 16.6 Å². The first-order chi connectivity index (χ1) is 15.6. The SMILES string of the molecule is Nc1nc2c(c(=O)[nH]1)NC(CNc1ccc(C(=O)NC(CC(N)C(=O)O)C(=O)O)cc1)CN2. The number of carbonyl (C=O) groups is 3. The van der Waals surface area contributed by atoms with Gasteiger partial charge in [0.25, 0.3) is 11.5 Å². The maximum atomic E-state index is 12.4. The molecule has 1 aromatic heterocycles. The van der Waals surface area contributed by atoms with Crippen LogP contribution < -0.4 is 38.3 Å². The van der Waals surface area contributed by atoms with E-state index in [9.17, 15) is 24.3 Å². The van der Waals surface area contributed by atoms with Gasteiger partial charge in [-0.2, -0.15) is 4.98 Å². The van der Waals surface area contributed by atoms with E-state index in [-0.39, 0.29) is 23.1 Å². The quantitative estimate of drug-likeness (QED) is 0.211. The van der Waals surface area contributed by atoms with Gasteiger partial charge in [0.2, 0.25) is 5.95 Å². The van der Waals surface area contributed by atoms with Crippen molar-refractivity contribution in [2.75, 3.05) is 34.8 Å². The molecule has 0 aliphatic carbocycles. The van der Waals surface area contributed by atoms with Gasteiger partial charge in [0.15, 0.2) is 5.82 Å². The van der Waals surface area contributed by atoms with Gasteiger partial charge in [-0.15, -0.1) is 0 Å². The Kier molecular flexibility index (Phi) is 6.97. The van der Waals surface area contributed by atoms with Crippen molar-refractivity contribution in [1.29, 1.82) is 0 Å². The van der Waals surface area contributed by atoms with Crippen molar-refractivity contribution in [3.05, 3.63) is 40.2 Å². The molecule has 11 N–H and O–H groups in total. The molecule has 2 aromatic rings. The van der Waals surface area contributed by atoms with Crippen molar-refractivity contribution in [2.24, 2.45) is 5.73 Å². The van der Waals surface area contributed by atoms with E-state index in [0.29, 0.717) is 30.3 Å². The Balaban J connectivity index is 1.55. The monoisotopic (exact) mass is 460 g/mol. The number of benzene rings is 1. The molecule has 176 valence electrons. The number of carbonyl (C=O) groups excluding carboxylic acids is 1. The zero-order valence-electron chi connectivity index (χ0n) is 17.3. The maximum Gasteiger partial charge on any atom is 0.326 e. The van der Waals surface area contributed by atoms with Crippen LogP contribution in [0.5, 0.6) is 0 Å². The van der Waals surface area contributed by atoms with Gasteiger partial charge in [-0.1, -0.05) is 0 Å². The highest BCUT2D eigenvalue weighted by Crippen LogP contribution is 2.20. The van der Waals surface area contributed by atoms with Crippen LogP contribution in [0.1, 0.15) is 16.8 Å². The summed E-state index contributed by atoms with van der Waals surface area (Å²) in [5, 5.41) is 29.6. The molecule has 3 atom stereocenters. The minimum Gasteiger partial charge on any atom is -0.480 e. The number of nitrogens with zero attached hydrogens (tertiary/aromatic N) is 1. The van der Waals surface area contributed by atoms with Crippen LogP contribution in [0.3, 0.4) is 0 Å². The Morgan fingerprint density at radius 1 is 1.18 bits per heavy atom. The molecule has 1 aliphatic heterocycles. The van der Waals surface area contributed by atoms with Gasteiger partial charge in [0.1, 0.15) is 17.8 Å². The molecular formula is C19H24N8O6. The molecule has 3 rings (SSSR count). The fourth-order valence-electron chi connectivity index (χ4n) is 3.15. The number of hydrogen-bond donors (Lipinski definition) is 9. The van der Waals surface area contributed by atoms with Crippen molar-refractivity contribution in [2.45, 2.75) is 24.5 Å². The van der Waals surface area contributed by atoms with Crippen LogP contribution in [-0.2, 0) is 9.59 Å². The van der Waals surface area contributed by atoms with E-state index >= 15 is 0 Å². The van der Waals surface area contributed by atoms with Crippen LogP contribution in [0, 0.1) is 0 Å². The molecule has 0 saturated carbocycles. The van der Waals surface area contributed by atoms with Gasteiger partial charge in [-0.3, -0.25) is 19.4 Å². The maximum absolute atomic E-state index is 12.4. The Hall–Kier alpha value is -4.33. The first-order valence-electron chi connectivity index (χ1n) is 9.90. The minimum atomic E-state index is -1.44. The number of fused-ring (bicyclic) bond motifs is 1. The van der Waals surface area contributed by atoms with E-state index in [1.54, 1.807) is 12.1 Å². The third kappa shape index (κ3) is 5.88. The molecule has 1 aromatic carbocycles. The molecule has 0 bridgehead atoms. The minimum absolute atomic E-state index is 0.0214. The highest BCUT2D eigenvalue weighted by molar-refractivity contribution is 5.97. The van der Waals surface area contributed by atoms with Gasteiger partial charge < -0.3 is 42.9 Å². The van der Waals surface area contributed by atoms with Gasteiger partial charge in [0.05, 0.1) is 6.04 Å². The molecule has 0 spiro atoms. The van der Waals surface area contributed by atoms with E-state index in [2.05, 4.69) is 31.2 Å². The molecule has 3 unspecified atom stereocenters. The predicted octanol–water partition coefficient (Wildman–Crippen LogP) is -1.34. The van der Waals surface area contributed by atoms with Gasteiger partial charge in [0, 0.05) is 30.8 Å². The van der Waals surface area contributed by atoms with Crippen LogP contribution in [0.15, 0.2) is 29.1 Å². The Labute approximate surface area is 186 Å². The molecule has 1 aliphatic rings. The molecule has 33 heavy (non-hydrogen) atoms. The van der Waals surface area contributed by atoms with Gasteiger partial charge >= 0.3 is 11.9 Å². The second kappa shape index (κ2) is 9.86. The van der Waals surface area contributed by atoms with Crippen LogP contribution in [0.25, 0.3) is 0 Å². The fraction of sp³-hybridized carbons (Fsp3) is 0.316. The number of rotatable bonds is 9. The molecule has 0 fully saturated rings. The number of aliphatic carboxylic acids is 2. The van der Waals surface area contributed by atoms with Crippen molar-refractivity contribution in [3.8, 4) is 0 Å². The first kappa shape index (κ1) is 23.3. The number of nitrogens with one attached hydrogen (secondary N) is 5. The molecular weight excluding hydrogens is 436 g/mol. The van der Waals surface area contributed by atoms with E-state index in [1.165, 1.54) is 12.1 Å². The van der Waals surface area contributed by atoms with Crippen LogP contribution in [-0.4, -0.2) is 69.2 Å². The van der Waals surface area contributed by atoms with E-state index in [1.807, 2.05) is 0 Å². The van der Waals surface area contributed by atoms with Crippen molar-refractivity contribution in [3.63, 3.8) is 0 Å². The predicted molar refractivity (Wildman–Crippen MR) is 119 cm³/mol. The normalized spacial score (nSPS) is 16.3. The highest BCUT2D eigenvalue weighted by atomic mass is 16.4. The highest BCUT2D eigenvalue weighted by Gasteiger charge is 2.26. The smallest absolute Gasteiger partial charge is 0.326 e. The van der Waals surface area contributed by atoms with Gasteiger partial charge in [-0.05, 0) is 24.3 Å². The molecule has 14 heteroatoms. The number of amides is 1. The van der Waals surface area contributed by atoms with E-state index in [0.717, 1.165) is 0 Å². The number of nitrogens with two attached hydrogens (primary N) is 2. The third-order valence-electron chi connectivity index (χ3n) is 4.91. The number of H-pyrrole nitrogens is 1. The number of aromatic amines is 1. The Morgan fingerprint density at radius 3 is 2.52 bits per heavy atom. The average molecular weight is 460 g/mol. The number of nitrogen functional groups attached to an aromatic ring is 1. The summed E-state index contributed by atoms with van der Waals surface area (Å²) < 4.78 is 0. The molecule has 1 amide bonds. The standard InChI is InChI=1S/C19H24N8O6/c20-11(17(30)31)5-12(18(32)33)25-15(28)8-1-3-9(4-2-8)22-6-10-7-23-14-13(24-10)16(29)27-19(21)26-14/h1-4,10-12,22,24H,5-7,20H2,(H,25,28)(H,30,31)(H,32,33)(H4,21,23,26,27,29). The first-order valence-corrected chi connectivity index (χ1v) is 9.90. The number of carboxylic acid groups (broad SMARTS) is 2. The second-order valence-corrected chi connectivity index (χ2v) is 7.40. The summed E-state index contributed by atoms with van der Waals surface area (Å²) in [6, 6.07) is 3.25. The average Bonchev–Trinajstić information content (AvgIpc) is 2.77. The molecule has 14 nitrogen and oxygen atoms in total. The summed E-state index contributed by atoms with van der Waals surface area (Å²) in [5.74, 6) is -3.01. The molecule has 0 radical (unpaired) electrons. The third-order valence-corrected chi connectivity index (χ3v) is 4.91. The van der Waals surface area contributed by atoms with Crippen molar-refractivity contribution < 1.29 is 24.6 Å². The Bertz CT molecular complexity index is 1100. The molecule has 0 saturated heterocycles. The van der Waals surface area contributed by atoms with E-state index < -0.39 is 36.4 Å². The summed E-state index contributed by atoms with van der Waals surface area (Å²) >= 11 is 0. The summed E-state index contributed by atoms with van der Waals surface area (Å²) in [4.78, 5) is 53.0. The zero-order valence-corrected chi connectivity index (χ0v) is 17.3. The zero-order chi connectivity index (χ0) is 24.1. The summed E-state index contributed by atoms with van der Waals surface area (Å²) in [5.41, 5.74) is 11.7. The lowest BCUT2D eigenvalue weighted by molar-refractivity contribution is -0.141. The lowest BCUT2D eigenvalue weighted by Crippen LogP contribution is -2.46. The topological polar surface area (TPSA) is 238 Å². The number of anilines is 4. The van der Waals surface area contributed by atoms with Crippen LogP contribution in [0.4, 0.5) is 23.1 Å². The number of carboxylic acids is 2. The summed E-state index contributed by atoms with van der Waals surface area (Å²) in [7, 11) is 0. The number of aromatic nitrogens is 2. The van der Waals surface area contributed by atoms with Crippen LogP contribution >= 0.6 is 0 Å². The van der Waals surface area contributed by atoms with Gasteiger partial charge in [-0.25, -0.2) is 4.79 Å². The van der Waals surface area contributed by atoms with Crippen molar-refractivity contribution >= 4 is 41.0 Å². The lowest BCUT2D eigenvalue weighted by atomic mass is 10.1. The second-order valence-electron chi connectivity index (χ2n) is 7.40. The fourth-order valence-corrected chi connectivity index (χ4v) is 3.15. The number of hydrogen-bond acceptors (Lipinski definition) is 10. The van der Waals surface area contributed by atoms with Crippen LogP contribution in [0.2, 0.25) is 0 Å². The Morgan fingerprint density at radius 2 is 1.88 bits per heavy atom. The largest absolute Gasteiger partial charge is 0.480 e.